The van der Waals surface area contributed by atoms with Gasteiger partial charge in [-0.3, -0.25) is 14.2 Å². The quantitative estimate of drug-likeness (QED) is 0.547. The van der Waals surface area contributed by atoms with Gasteiger partial charge in [-0.15, -0.1) is 5.10 Å². The predicted octanol–water partition coefficient (Wildman–Crippen LogP) is 2.24. The molecule has 4 rings (SSSR count). The van der Waals surface area contributed by atoms with Gasteiger partial charge in [-0.1, -0.05) is 11.3 Å². The minimum atomic E-state index is -0.430. The van der Waals surface area contributed by atoms with Crippen molar-refractivity contribution in [2.24, 2.45) is 0 Å². The largest absolute Gasteiger partial charge is 0.497 e. The average Bonchev–Trinajstić information content (AvgIpc) is 3.15. The smallest absolute Gasteiger partial charge is 0.284 e. The van der Waals surface area contributed by atoms with Crippen LogP contribution in [0.1, 0.15) is 11.1 Å². The summed E-state index contributed by atoms with van der Waals surface area (Å²) >= 11 is 0. The molecule has 0 atom stereocenters. The molecule has 0 radical (unpaired) electrons. The summed E-state index contributed by atoms with van der Waals surface area (Å²) in [6.07, 6.45) is 1.33. The molecule has 4 aromatic rings. The maximum absolute atomic E-state index is 12.8. The molecular weight excluding hydrogens is 384 g/mol. The molecule has 1 amide bonds. The molecule has 152 valence electrons. The Morgan fingerprint density at radius 3 is 2.47 bits per heavy atom. The van der Waals surface area contributed by atoms with Crippen molar-refractivity contribution in [2.75, 3.05) is 12.4 Å². The Morgan fingerprint density at radius 2 is 1.80 bits per heavy atom. The van der Waals surface area contributed by atoms with Gasteiger partial charge >= 0.3 is 0 Å². The van der Waals surface area contributed by atoms with Gasteiger partial charge in [-0.25, -0.2) is 4.98 Å². The molecule has 0 spiro atoms. The second kappa shape index (κ2) is 7.78. The number of ether oxygens (including phenoxy) is 1. The zero-order chi connectivity index (χ0) is 21.3. The number of aryl methyl sites for hydroxylation is 2. The highest BCUT2D eigenvalue weighted by atomic mass is 16.5. The number of aromatic nitrogens is 5. The van der Waals surface area contributed by atoms with Crippen LogP contribution in [0.15, 0.2) is 53.6 Å². The molecule has 0 bridgehead atoms. The Kier molecular flexibility index (Phi) is 5.01. The summed E-state index contributed by atoms with van der Waals surface area (Å²) in [5, 5.41) is 10.8. The number of benzene rings is 2. The van der Waals surface area contributed by atoms with Crippen LogP contribution in [-0.2, 0) is 11.3 Å². The molecule has 2 aromatic carbocycles. The number of anilines is 1. The fourth-order valence-corrected chi connectivity index (χ4v) is 3.23. The van der Waals surface area contributed by atoms with Gasteiger partial charge in [0.2, 0.25) is 5.91 Å². The van der Waals surface area contributed by atoms with Crippen LogP contribution in [0, 0.1) is 13.8 Å². The third-order valence-electron chi connectivity index (χ3n) is 4.57. The van der Waals surface area contributed by atoms with Crippen molar-refractivity contribution in [1.82, 2.24) is 24.5 Å². The average molecular weight is 404 g/mol. The molecule has 0 unspecified atom stereocenters. The number of rotatable bonds is 5. The van der Waals surface area contributed by atoms with E-state index in [2.05, 4.69) is 20.6 Å². The van der Waals surface area contributed by atoms with E-state index >= 15 is 0 Å². The summed E-state index contributed by atoms with van der Waals surface area (Å²) < 4.78 is 7.83. The van der Waals surface area contributed by atoms with Crippen molar-refractivity contribution in [3.8, 4) is 11.4 Å². The standard InChI is InChI=1S/C21H20N6O3/c1-13-8-14(2)10-16(9-13)27-20-19(24-25-27)21(29)26(12-22-20)11-18(28)23-15-4-6-17(30-3)7-5-15/h4-10,12H,11H2,1-3H3,(H,23,28). The highest BCUT2D eigenvalue weighted by molar-refractivity contribution is 5.90. The van der Waals surface area contributed by atoms with E-state index in [-0.39, 0.29) is 18.0 Å². The molecular formula is C21H20N6O3. The maximum Gasteiger partial charge on any atom is 0.284 e. The van der Waals surface area contributed by atoms with Gasteiger partial charge in [0.05, 0.1) is 12.8 Å². The van der Waals surface area contributed by atoms with Crippen LogP contribution in [-0.4, -0.2) is 37.6 Å². The Bertz CT molecular complexity index is 1270. The number of nitrogens with one attached hydrogen (secondary N) is 1. The first kappa shape index (κ1) is 19.3. The molecule has 0 aliphatic rings. The second-order valence-corrected chi connectivity index (χ2v) is 6.97. The number of carbonyl (C=O) groups is 1. The molecule has 0 saturated heterocycles. The minimum Gasteiger partial charge on any atom is -0.497 e. The third-order valence-corrected chi connectivity index (χ3v) is 4.57. The highest BCUT2D eigenvalue weighted by Gasteiger charge is 2.15. The number of carbonyl (C=O) groups excluding carboxylic acids is 1. The van der Waals surface area contributed by atoms with E-state index in [0.717, 1.165) is 16.8 Å². The number of hydrogen-bond donors (Lipinski definition) is 1. The van der Waals surface area contributed by atoms with Crippen LogP contribution in [0.3, 0.4) is 0 Å². The lowest BCUT2D eigenvalue weighted by molar-refractivity contribution is -0.116. The van der Waals surface area contributed by atoms with Gasteiger partial charge in [0.1, 0.15) is 18.6 Å². The molecule has 30 heavy (non-hydrogen) atoms. The Morgan fingerprint density at radius 1 is 1.10 bits per heavy atom. The first-order chi connectivity index (χ1) is 14.4. The molecule has 1 N–H and O–H groups in total. The van der Waals surface area contributed by atoms with Crippen molar-refractivity contribution < 1.29 is 9.53 Å². The first-order valence-corrected chi connectivity index (χ1v) is 9.28. The molecule has 2 aromatic heterocycles. The number of hydrogen-bond acceptors (Lipinski definition) is 6. The van der Waals surface area contributed by atoms with Crippen LogP contribution >= 0.6 is 0 Å². The summed E-state index contributed by atoms with van der Waals surface area (Å²) in [6.45, 7) is 3.78. The molecule has 2 heterocycles. The van der Waals surface area contributed by atoms with Crippen LogP contribution in [0.5, 0.6) is 5.75 Å². The molecule has 9 heteroatoms. The number of amides is 1. The van der Waals surface area contributed by atoms with Crippen LogP contribution < -0.4 is 15.6 Å². The highest BCUT2D eigenvalue weighted by Crippen LogP contribution is 2.16. The van der Waals surface area contributed by atoms with Crippen molar-refractivity contribution in [3.05, 3.63) is 70.3 Å². The van der Waals surface area contributed by atoms with Crippen LogP contribution in [0.4, 0.5) is 5.69 Å². The van der Waals surface area contributed by atoms with E-state index in [1.807, 2.05) is 32.0 Å². The van der Waals surface area contributed by atoms with Gasteiger partial charge in [0.15, 0.2) is 11.2 Å². The van der Waals surface area contributed by atoms with E-state index in [1.165, 1.54) is 15.6 Å². The zero-order valence-corrected chi connectivity index (χ0v) is 16.8. The number of nitrogens with zero attached hydrogens (tertiary/aromatic N) is 5. The van der Waals surface area contributed by atoms with Crippen LogP contribution in [0.2, 0.25) is 0 Å². The van der Waals surface area contributed by atoms with E-state index in [9.17, 15) is 9.59 Å². The summed E-state index contributed by atoms with van der Waals surface area (Å²) in [5.41, 5.74) is 3.53. The Labute approximate surface area is 171 Å². The molecule has 0 saturated carbocycles. The van der Waals surface area contributed by atoms with Gasteiger partial charge in [0, 0.05) is 5.69 Å². The fraction of sp³-hybridized carbons (Fsp3) is 0.190. The van der Waals surface area contributed by atoms with Crippen molar-refractivity contribution in [3.63, 3.8) is 0 Å². The van der Waals surface area contributed by atoms with Crippen molar-refractivity contribution in [2.45, 2.75) is 20.4 Å². The summed E-state index contributed by atoms with van der Waals surface area (Å²) in [6, 6.07) is 12.8. The van der Waals surface area contributed by atoms with Crippen molar-refractivity contribution >= 4 is 22.8 Å². The Balaban J connectivity index is 1.59. The third kappa shape index (κ3) is 3.77. The predicted molar refractivity (Wildman–Crippen MR) is 112 cm³/mol. The van der Waals surface area contributed by atoms with E-state index in [0.29, 0.717) is 17.1 Å². The molecule has 0 aliphatic carbocycles. The SMILES string of the molecule is COc1ccc(NC(=O)Cn2cnc3c(nnn3-c3cc(C)cc(C)c3)c2=O)cc1. The van der Waals surface area contributed by atoms with E-state index in [4.69, 9.17) is 4.74 Å². The topological polar surface area (TPSA) is 104 Å². The summed E-state index contributed by atoms with van der Waals surface area (Å²) in [7, 11) is 1.57. The maximum atomic E-state index is 12.8. The molecule has 9 nitrogen and oxygen atoms in total. The number of fused-ring (bicyclic) bond motifs is 1. The van der Waals surface area contributed by atoms with Crippen LogP contribution in [0.25, 0.3) is 16.9 Å². The monoisotopic (exact) mass is 404 g/mol. The zero-order valence-electron chi connectivity index (χ0n) is 16.8. The van der Waals surface area contributed by atoms with E-state index in [1.54, 1.807) is 31.4 Å². The Hall–Kier alpha value is -4.01. The molecule has 0 fully saturated rings. The lowest BCUT2D eigenvalue weighted by Gasteiger charge is -2.08. The summed E-state index contributed by atoms with van der Waals surface area (Å²) in [4.78, 5) is 29.5. The van der Waals surface area contributed by atoms with Gasteiger partial charge in [0.25, 0.3) is 5.56 Å². The van der Waals surface area contributed by atoms with E-state index < -0.39 is 5.56 Å². The summed E-state index contributed by atoms with van der Waals surface area (Å²) in [5.74, 6) is 0.330. The van der Waals surface area contributed by atoms with Crippen molar-refractivity contribution in [1.29, 1.82) is 0 Å². The first-order valence-electron chi connectivity index (χ1n) is 9.28. The lowest BCUT2D eigenvalue weighted by atomic mass is 10.1. The van der Waals surface area contributed by atoms with Gasteiger partial charge < -0.3 is 10.1 Å². The second-order valence-electron chi connectivity index (χ2n) is 6.97. The lowest BCUT2D eigenvalue weighted by Crippen LogP contribution is -2.28. The number of methoxy groups -OCH3 is 1. The molecule has 0 aliphatic heterocycles. The normalized spacial score (nSPS) is 10.9. The van der Waals surface area contributed by atoms with Gasteiger partial charge in [-0.2, -0.15) is 4.68 Å². The minimum absolute atomic E-state index is 0.105. The van der Waals surface area contributed by atoms with Gasteiger partial charge in [-0.05, 0) is 61.4 Å². The fourth-order valence-electron chi connectivity index (χ4n) is 3.23.